The van der Waals surface area contributed by atoms with Crippen LogP contribution in [0, 0.1) is 19.8 Å². The Morgan fingerprint density at radius 1 is 0.921 bits per heavy atom. The Morgan fingerprint density at radius 2 is 1.58 bits per heavy atom. The number of carbonyl (C=O) groups excluding carboxylic acids is 1. The predicted octanol–water partition coefficient (Wildman–Crippen LogP) is 5.82. The third-order valence-corrected chi connectivity index (χ3v) is 8.07. The molecule has 6 nitrogen and oxygen atoms in total. The first-order valence-corrected chi connectivity index (χ1v) is 14.5. The summed E-state index contributed by atoms with van der Waals surface area (Å²) in [5, 5.41) is 0.0203. The summed E-state index contributed by atoms with van der Waals surface area (Å²) in [4.78, 5) is 19.7. The van der Waals surface area contributed by atoms with Gasteiger partial charge in [0.15, 0.2) is 0 Å². The summed E-state index contributed by atoms with van der Waals surface area (Å²) in [7, 11) is -3.75. The van der Waals surface area contributed by atoms with Crippen molar-refractivity contribution in [1.82, 2.24) is 14.5 Å². The first-order valence-electron chi connectivity index (χ1n) is 12.9. The van der Waals surface area contributed by atoms with Crippen LogP contribution in [0.1, 0.15) is 52.2 Å². The molecule has 0 atom stereocenters. The third-order valence-electron chi connectivity index (χ3n) is 6.49. The summed E-state index contributed by atoms with van der Waals surface area (Å²) in [5.74, 6) is 0.0118. The highest BCUT2D eigenvalue weighted by atomic mass is 32.2. The fraction of sp³-hybridized carbons (Fsp3) is 0.290. The lowest BCUT2D eigenvalue weighted by molar-refractivity contribution is 0.0718. The number of nitrogens with zero attached hydrogens (tertiary/aromatic N) is 3. The Labute approximate surface area is 225 Å². The molecule has 0 N–H and O–H groups in total. The van der Waals surface area contributed by atoms with Crippen LogP contribution in [0.4, 0.5) is 0 Å². The van der Waals surface area contributed by atoms with Crippen molar-refractivity contribution in [2.24, 2.45) is 5.92 Å². The number of aryl methyl sites for hydroxylation is 2. The highest BCUT2D eigenvalue weighted by molar-refractivity contribution is 7.90. The molecular weight excluding hydrogens is 494 g/mol. The van der Waals surface area contributed by atoms with Crippen LogP contribution in [0.2, 0.25) is 0 Å². The molecule has 0 unspecified atom stereocenters. The fourth-order valence-electron chi connectivity index (χ4n) is 4.48. The van der Waals surface area contributed by atoms with Gasteiger partial charge < -0.3 is 9.47 Å². The van der Waals surface area contributed by atoms with E-state index in [1.807, 2.05) is 92.7 Å². The number of sulfone groups is 1. The average Bonchev–Trinajstić information content (AvgIpc) is 3.28. The molecule has 0 aliphatic carbocycles. The van der Waals surface area contributed by atoms with Crippen LogP contribution < -0.4 is 0 Å². The molecule has 198 valence electrons. The van der Waals surface area contributed by atoms with Gasteiger partial charge in [-0.15, -0.1) is 0 Å². The minimum absolute atomic E-state index is 0.0203. The molecule has 38 heavy (non-hydrogen) atoms. The van der Waals surface area contributed by atoms with E-state index in [1.165, 1.54) is 0 Å². The third kappa shape index (κ3) is 6.58. The zero-order chi connectivity index (χ0) is 27.3. The van der Waals surface area contributed by atoms with Gasteiger partial charge in [-0.1, -0.05) is 86.1 Å². The summed E-state index contributed by atoms with van der Waals surface area (Å²) in [6.07, 6.45) is 1.60. The van der Waals surface area contributed by atoms with E-state index in [9.17, 15) is 13.2 Å². The predicted molar refractivity (Wildman–Crippen MR) is 151 cm³/mol. The first-order chi connectivity index (χ1) is 18.1. The molecule has 4 aromatic rings. The summed E-state index contributed by atoms with van der Waals surface area (Å²) < 4.78 is 29.1. The molecule has 7 heteroatoms. The molecule has 0 radical (unpaired) electrons. The Bertz CT molecular complexity index is 1490. The Kier molecular flexibility index (Phi) is 8.47. The maximum atomic E-state index is 13.7. The number of hydrogen-bond acceptors (Lipinski definition) is 4. The van der Waals surface area contributed by atoms with Crippen LogP contribution in [0.15, 0.2) is 90.2 Å². The lowest BCUT2D eigenvalue weighted by Crippen LogP contribution is -2.34. The van der Waals surface area contributed by atoms with Crippen LogP contribution in [-0.4, -0.2) is 35.3 Å². The normalized spacial score (nSPS) is 11.6. The zero-order valence-corrected chi connectivity index (χ0v) is 23.3. The van der Waals surface area contributed by atoms with E-state index in [0.29, 0.717) is 24.3 Å². The van der Waals surface area contributed by atoms with Crippen molar-refractivity contribution < 1.29 is 13.2 Å². The summed E-state index contributed by atoms with van der Waals surface area (Å²) in [6.45, 7) is 9.16. The van der Waals surface area contributed by atoms with Crippen molar-refractivity contribution in [3.63, 3.8) is 0 Å². The second-order valence-electron chi connectivity index (χ2n) is 10.2. The van der Waals surface area contributed by atoms with E-state index < -0.39 is 9.84 Å². The molecule has 1 amide bonds. The summed E-state index contributed by atoms with van der Waals surface area (Å²) in [5.41, 5.74) is 5.00. The molecule has 0 fully saturated rings. The average molecular weight is 530 g/mol. The van der Waals surface area contributed by atoms with Gasteiger partial charge in [0.25, 0.3) is 5.91 Å². The SMILES string of the molecule is Cc1ccc(C(=O)N(Cc2cnc(S(=O)(=O)Cc3ccccc3C)n2Cc2ccccc2)CC(C)C)cc1. The second-order valence-corrected chi connectivity index (χ2v) is 12.1. The first kappa shape index (κ1) is 27.3. The minimum Gasteiger partial charge on any atom is -0.333 e. The monoisotopic (exact) mass is 529 g/mol. The van der Waals surface area contributed by atoms with Gasteiger partial charge >= 0.3 is 0 Å². The van der Waals surface area contributed by atoms with Crippen molar-refractivity contribution in [2.45, 2.75) is 51.7 Å². The van der Waals surface area contributed by atoms with Crippen LogP contribution in [-0.2, 0) is 28.7 Å². The molecule has 0 spiro atoms. The number of amides is 1. The highest BCUT2D eigenvalue weighted by Gasteiger charge is 2.27. The van der Waals surface area contributed by atoms with Gasteiger partial charge in [-0.25, -0.2) is 13.4 Å². The largest absolute Gasteiger partial charge is 0.333 e. The number of carbonyl (C=O) groups is 1. The fourth-order valence-corrected chi connectivity index (χ4v) is 6.07. The smallest absolute Gasteiger partial charge is 0.254 e. The molecule has 1 aromatic heterocycles. The summed E-state index contributed by atoms with van der Waals surface area (Å²) >= 11 is 0. The van der Waals surface area contributed by atoms with E-state index in [4.69, 9.17) is 0 Å². The van der Waals surface area contributed by atoms with Crippen molar-refractivity contribution in [3.8, 4) is 0 Å². The topological polar surface area (TPSA) is 72.3 Å². The molecule has 0 saturated heterocycles. The Morgan fingerprint density at radius 3 is 2.24 bits per heavy atom. The van der Waals surface area contributed by atoms with E-state index in [-0.39, 0.29) is 29.3 Å². The Balaban J connectivity index is 1.73. The van der Waals surface area contributed by atoms with Gasteiger partial charge in [0, 0.05) is 12.1 Å². The molecule has 3 aromatic carbocycles. The molecule has 0 bridgehead atoms. The maximum Gasteiger partial charge on any atom is 0.254 e. The number of aromatic nitrogens is 2. The standard InChI is InChI=1S/C31H35N3O3S/c1-23(2)19-33(30(35)27-16-14-24(3)15-17-27)21-29-18-32-31(34(29)20-26-11-6-5-7-12-26)38(36,37)22-28-13-9-8-10-25(28)4/h5-18,23H,19-22H2,1-4H3. The Hall–Kier alpha value is -3.71. The van der Waals surface area contributed by atoms with E-state index in [0.717, 1.165) is 22.3 Å². The van der Waals surface area contributed by atoms with Gasteiger partial charge in [0.1, 0.15) is 0 Å². The quantitative estimate of drug-likeness (QED) is 0.259. The highest BCUT2D eigenvalue weighted by Crippen LogP contribution is 2.23. The van der Waals surface area contributed by atoms with Crippen molar-refractivity contribution in [3.05, 3.63) is 119 Å². The zero-order valence-electron chi connectivity index (χ0n) is 22.5. The molecule has 0 saturated carbocycles. The van der Waals surface area contributed by atoms with Crippen molar-refractivity contribution >= 4 is 15.7 Å². The number of rotatable bonds is 10. The van der Waals surface area contributed by atoms with Gasteiger partial charge in [-0.3, -0.25) is 4.79 Å². The minimum atomic E-state index is -3.75. The van der Waals surface area contributed by atoms with Crippen molar-refractivity contribution in [2.75, 3.05) is 6.54 Å². The lowest BCUT2D eigenvalue weighted by Gasteiger charge is -2.25. The summed E-state index contributed by atoms with van der Waals surface area (Å²) in [6, 6.07) is 24.7. The molecular formula is C31H35N3O3S. The van der Waals surface area contributed by atoms with Crippen molar-refractivity contribution in [1.29, 1.82) is 0 Å². The molecule has 1 heterocycles. The van der Waals surface area contributed by atoms with Crippen LogP contribution in [0.25, 0.3) is 0 Å². The van der Waals surface area contributed by atoms with Crippen LogP contribution >= 0.6 is 0 Å². The molecule has 4 rings (SSSR count). The maximum absolute atomic E-state index is 13.7. The van der Waals surface area contributed by atoms with Gasteiger partial charge in [-0.2, -0.15) is 0 Å². The number of benzene rings is 3. The van der Waals surface area contributed by atoms with E-state index in [2.05, 4.69) is 18.8 Å². The van der Waals surface area contributed by atoms with Gasteiger partial charge in [0.2, 0.25) is 15.0 Å². The van der Waals surface area contributed by atoms with Gasteiger partial charge in [-0.05, 0) is 48.6 Å². The number of hydrogen-bond donors (Lipinski definition) is 0. The molecule has 0 aliphatic heterocycles. The van der Waals surface area contributed by atoms with E-state index >= 15 is 0 Å². The van der Waals surface area contributed by atoms with Crippen LogP contribution in [0.5, 0.6) is 0 Å². The molecule has 0 aliphatic rings. The van der Waals surface area contributed by atoms with Crippen LogP contribution in [0.3, 0.4) is 0 Å². The number of imidazole rings is 1. The second kappa shape index (κ2) is 11.8. The van der Waals surface area contributed by atoms with Gasteiger partial charge in [0.05, 0.1) is 30.7 Å². The lowest BCUT2D eigenvalue weighted by atomic mass is 10.1. The van der Waals surface area contributed by atoms with E-state index in [1.54, 1.807) is 15.7 Å².